The summed E-state index contributed by atoms with van der Waals surface area (Å²) in [5.74, 6) is 1.79. The zero-order chi connectivity index (χ0) is 17.4. The summed E-state index contributed by atoms with van der Waals surface area (Å²) in [7, 11) is 0. The largest absolute Gasteiger partial charge is 0.357 e. The first-order valence-corrected chi connectivity index (χ1v) is 9.25. The number of aliphatic imine (C=N–C) groups is 1. The first-order chi connectivity index (χ1) is 11.6. The van der Waals surface area contributed by atoms with E-state index in [1.165, 1.54) is 12.1 Å². The summed E-state index contributed by atoms with van der Waals surface area (Å²) in [5.41, 5.74) is 2.32. The molecular formula is C19H33N5. The maximum absolute atomic E-state index is 4.83. The number of nitrogens with one attached hydrogen (secondary N) is 1. The quantitative estimate of drug-likeness (QED) is 0.641. The van der Waals surface area contributed by atoms with Crippen LogP contribution >= 0.6 is 0 Å². The van der Waals surface area contributed by atoms with Crippen molar-refractivity contribution in [2.45, 2.75) is 34.1 Å². The summed E-state index contributed by atoms with van der Waals surface area (Å²) in [6, 6.07) is 4.22. The molecule has 0 aliphatic carbocycles. The van der Waals surface area contributed by atoms with Crippen LogP contribution < -0.4 is 5.32 Å². The standard InChI is InChI=1S/C19H33N5/c1-5-20-19(21-9-8-18-7-6-17(4)22-14-18)24-12-10-23(11-13-24)15-16(2)3/h6-7,14,16H,5,8-13,15H2,1-4H3,(H,20,21). The summed E-state index contributed by atoms with van der Waals surface area (Å²) in [6.07, 6.45) is 2.90. The van der Waals surface area contributed by atoms with Gasteiger partial charge in [-0.15, -0.1) is 0 Å². The van der Waals surface area contributed by atoms with Gasteiger partial charge < -0.3 is 10.2 Å². The molecule has 0 spiro atoms. The summed E-state index contributed by atoms with van der Waals surface area (Å²) in [5, 5.41) is 3.45. The van der Waals surface area contributed by atoms with E-state index in [0.717, 1.165) is 63.3 Å². The minimum Gasteiger partial charge on any atom is -0.357 e. The number of hydrogen-bond donors (Lipinski definition) is 1. The van der Waals surface area contributed by atoms with Crippen molar-refractivity contribution in [1.29, 1.82) is 0 Å². The Morgan fingerprint density at radius 3 is 2.58 bits per heavy atom. The zero-order valence-electron chi connectivity index (χ0n) is 15.8. The van der Waals surface area contributed by atoms with Crippen molar-refractivity contribution in [2.75, 3.05) is 45.8 Å². The third-order valence-corrected chi connectivity index (χ3v) is 4.26. The van der Waals surface area contributed by atoms with Gasteiger partial charge in [-0.05, 0) is 37.8 Å². The Morgan fingerprint density at radius 2 is 2.00 bits per heavy atom. The van der Waals surface area contributed by atoms with Gasteiger partial charge in [0, 0.05) is 57.7 Å². The lowest BCUT2D eigenvalue weighted by molar-refractivity contribution is 0.164. The van der Waals surface area contributed by atoms with Crippen LogP contribution in [0.4, 0.5) is 0 Å². The second-order valence-corrected chi connectivity index (χ2v) is 6.97. The third kappa shape index (κ3) is 6.11. The molecule has 5 nitrogen and oxygen atoms in total. The van der Waals surface area contributed by atoms with Crippen LogP contribution in [0.3, 0.4) is 0 Å². The molecule has 0 aromatic carbocycles. The average Bonchev–Trinajstić information content (AvgIpc) is 2.56. The molecule has 0 unspecified atom stereocenters. The fourth-order valence-corrected chi connectivity index (χ4v) is 3.02. The van der Waals surface area contributed by atoms with E-state index in [-0.39, 0.29) is 0 Å². The molecule has 5 heteroatoms. The number of piperazine rings is 1. The van der Waals surface area contributed by atoms with E-state index >= 15 is 0 Å². The van der Waals surface area contributed by atoms with Gasteiger partial charge in [-0.25, -0.2) is 0 Å². The van der Waals surface area contributed by atoms with E-state index in [2.05, 4.69) is 53.0 Å². The lowest BCUT2D eigenvalue weighted by Crippen LogP contribution is -2.53. The molecule has 0 radical (unpaired) electrons. The SMILES string of the molecule is CCNC(=NCCc1ccc(C)nc1)N1CCN(CC(C)C)CC1. The molecule has 1 N–H and O–H groups in total. The molecule has 2 heterocycles. The molecule has 1 saturated heterocycles. The smallest absolute Gasteiger partial charge is 0.194 e. The molecule has 2 rings (SSSR count). The third-order valence-electron chi connectivity index (χ3n) is 4.26. The Kier molecular flexibility index (Phi) is 7.50. The van der Waals surface area contributed by atoms with Gasteiger partial charge in [-0.2, -0.15) is 0 Å². The van der Waals surface area contributed by atoms with E-state index in [1.54, 1.807) is 0 Å². The molecule has 1 aromatic heterocycles. The Hall–Kier alpha value is -1.62. The highest BCUT2D eigenvalue weighted by molar-refractivity contribution is 5.80. The van der Waals surface area contributed by atoms with Gasteiger partial charge in [0.25, 0.3) is 0 Å². The van der Waals surface area contributed by atoms with E-state index in [4.69, 9.17) is 4.99 Å². The second-order valence-electron chi connectivity index (χ2n) is 6.97. The van der Waals surface area contributed by atoms with Crippen molar-refractivity contribution in [3.05, 3.63) is 29.6 Å². The number of pyridine rings is 1. The molecule has 0 amide bonds. The number of hydrogen-bond acceptors (Lipinski definition) is 3. The first-order valence-electron chi connectivity index (χ1n) is 9.25. The van der Waals surface area contributed by atoms with Crippen molar-refractivity contribution in [1.82, 2.24) is 20.1 Å². The zero-order valence-corrected chi connectivity index (χ0v) is 15.8. The van der Waals surface area contributed by atoms with E-state index in [9.17, 15) is 0 Å². The van der Waals surface area contributed by atoms with Crippen molar-refractivity contribution < 1.29 is 0 Å². The fraction of sp³-hybridized carbons (Fsp3) is 0.684. The van der Waals surface area contributed by atoms with Gasteiger partial charge in [0.2, 0.25) is 0 Å². The van der Waals surface area contributed by atoms with Crippen LogP contribution in [-0.4, -0.2) is 66.6 Å². The van der Waals surface area contributed by atoms with Crippen LogP contribution in [0.2, 0.25) is 0 Å². The minimum atomic E-state index is 0.738. The monoisotopic (exact) mass is 331 g/mol. The van der Waals surface area contributed by atoms with Crippen LogP contribution in [0.25, 0.3) is 0 Å². The Balaban J connectivity index is 1.85. The highest BCUT2D eigenvalue weighted by atomic mass is 15.3. The fourth-order valence-electron chi connectivity index (χ4n) is 3.02. The molecule has 1 aromatic rings. The maximum atomic E-state index is 4.83. The normalized spacial score (nSPS) is 16.7. The molecule has 0 atom stereocenters. The molecule has 134 valence electrons. The van der Waals surface area contributed by atoms with Crippen molar-refractivity contribution in [2.24, 2.45) is 10.9 Å². The topological polar surface area (TPSA) is 43.8 Å². The number of aromatic nitrogens is 1. The van der Waals surface area contributed by atoms with E-state index in [0.29, 0.717) is 0 Å². The number of aryl methyl sites for hydroxylation is 1. The molecule has 0 bridgehead atoms. The second kappa shape index (κ2) is 9.62. The lowest BCUT2D eigenvalue weighted by atomic mass is 10.2. The Bertz CT molecular complexity index is 501. The van der Waals surface area contributed by atoms with Gasteiger partial charge in [0.05, 0.1) is 0 Å². The lowest BCUT2D eigenvalue weighted by Gasteiger charge is -2.37. The first kappa shape index (κ1) is 18.7. The van der Waals surface area contributed by atoms with Crippen LogP contribution in [0, 0.1) is 12.8 Å². The Labute approximate surface area is 147 Å². The van der Waals surface area contributed by atoms with Crippen LogP contribution in [0.1, 0.15) is 32.0 Å². The van der Waals surface area contributed by atoms with Crippen LogP contribution in [0.15, 0.2) is 23.3 Å². The van der Waals surface area contributed by atoms with Crippen molar-refractivity contribution >= 4 is 5.96 Å². The highest BCUT2D eigenvalue weighted by Crippen LogP contribution is 2.06. The molecule has 1 aliphatic rings. The van der Waals surface area contributed by atoms with Gasteiger partial charge in [0.1, 0.15) is 0 Å². The van der Waals surface area contributed by atoms with Crippen molar-refractivity contribution in [3.8, 4) is 0 Å². The summed E-state index contributed by atoms with van der Waals surface area (Å²) in [4.78, 5) is 14.1. The van der Waals surface area contributed by atoms with Gasteiger partial charge in [0.15, 0.2) is 5.96 Å². The number of rotatable bonds is 6. The molecule has 0 saturated carbocycles. The Morgan fingerprint density at radius 1 is 1.25 bits per heavy atom. The van der Waals surface area contributed by atoms with Gasteiger partial charge in [-0.1, -0.05) is 19.9 Å². The van der Waals surface area contributed by atoms with Crippen LogP contribution in [0.5, 0.6) is 0 Å². The number of nitrogens with zero attached hydrogens (tertiary/aromatic N) is 4. The van der Waals surface area contributed by atoms with E-state index in [1.807, 2.05) is 13.1 Å². The van der Waals surface area contributed by atoms with Crippen molar-refractivity contribution in [3.63, 3.8) is 0 Å². The molecular weight excluding hydrogens is 298 g/mol. The summed E-state index contributed by atoms with van der Waals surface area (Å²) < 4.78 is 0. The molecule has 1 aliphatic heterocycles. The summed E-state index contributed by atoms with van der Waals surface area (Å²) in [6.45, 7) is 16.0. The van der Waals surface area contributed by atoms with Gasteiger partial charge in [-0.3, -0.25) is 14.9 Å². The minimum absolute atomic E-state index is 0.738. The maximum Gasteiger partial charge on any atom is 0.194 e. The predicted molar refractivity (Wildman–Crippen MR) is 102 cm³/mol. The number of guanidine groups is 1. The van der Waals surface area contributed by atoms with Crippen LogP contribution in [-0.2, 0) is 6.42 Å². The molecule has 24 heavy (non-hydrogen) atoms. The van der Waals surface area contributed by atoms with Gasteiger partial charge >= 0.3 is 0 Å². The average molecular weight is 332 g/mol. The van der Waals surface area contributed by atoms with E-state index < -0.39 is 0 Å². The molecule has 1 fully saturated rings. The predicted octanol–water partition coefficient (Wildman–Crippen LogP) is 2.17. The summed E-state index contributed by atoms with van der Waals surface area (Å²) >= 11 is 0. The highest BCUT2D eigenvalue weighted by Gasteiger charge is 2.19.